The van der Waals surface area contributed by atoms with Crippen LogP contribution in [0.2, 0.25) is 0 Å². The molecule has 0 spiro atoms. The molecule has 1 heterocycles. The number of aryl methyl sites for hydroxylation is 1. The van der Waals surface area contributed by atoms with Gasteiger partial charge in [0.25, 0.3) is 0 Å². The van der Waals surface area contributed by atoms with Gasteiger partial charge < -0.3 is 9.67 Å². The molecule has 0 saturated carbocycles. The number of hydrogen-bond donors (Lipinski definition) is 1. The first kappa shape index (κ1) is 12.5. The number of carbonyl (C=O) groups is 1. The molecule has 0 aliphatic carbocycles. The average Bonchev–Trinajstić information content (AvgIpc) is 2.59. The summed E-state index contributed by atoms with van der Waals surface area (Å²) in [5, 5.41) is 8.48. The molecule has 0 aromatic carbocycles. The number of nitrogens with zero attached hydrogens (tertiary/aromatic N) is 2. The number of aromatic nitrogens is 2. The zero-order chi connectivity index (χ0) is 12.3. The molecule has 0 amide bonds. The summed E-state index contributed by atoms with van der Waals surface area (Å²) in [6, 6.07) is -2.05. The monoisotopic (exact) mass is 236 g/mol. The summed E-state index contributed by atoms with van der Waals surface area (Å²) in [7, 11) is 0. The number of rotatable bonds is 4. The normalized spacial score (nSPS) is 13.8. The van der Waals surface area contributed by atoms with E-state index in [1.165, 1.54) is 6.20 Å². The largest absolute Gasteiger partial charge is 0.481 e. The van der Waals surface area contributed by atoms with Gasteiger partial charge in [0.15, 0.2) is 0 Å². The van der Waals surface area contributed by atoms with E-state index in [2.05, 4.69) is 4.98 Å². The van der Waals surface area contributed by atoms with Gasteiger partial charge in [0.05, 0.1) is 6.42 Å². The van der Waals surface area contributed by atoms with Gasteiger partial charge in [0.2, 0.25) is 0 Å². The third-order valence-corrected chi connectivity index (χ3v) is 2.15. The van der Waals surface area contributed by atoms with Crippen LogP contribution in [-0.4, -0.2) is 26.8 Å². The maximum absolute atomic E-state index is 12.6. The van der Waals surface area contributed by atoms with Gasteiger partial charge in [-0.3, -0.25) is 4.79 Å². The highest BCUT2D eigenvalue weighted by Crippen LogP contribution is 2.33. The molecule has 1 rings (SSSR count). The van der Waals surface area contributed by atoms with Crippen LogP contribution >= 0.6 is 0 Å². The Labute approximate surface area is 89.7 Å². The predicted octanol–water partition coefficient (Wildman–Crippen LogP) is 2.02. The van der Waals surface area contributed by atoms with Crippen molar-refractivity contribution in [2.24, 2.45) is 0 Å². The molecule has 0 radical (unpaired) electrons. The molecule has 1 N–H and O–H groups in total. The standard InChI is InChI=1S/C9H11F3N2O2/c1-2-7-13-3-4-14(7)6(5-8(15)16)9(10,11)12/h3-4,6H,2,5H2,1H3,(H,15,16). The summed E-state index contributed by atoms with van der Waals surface area (Å²) in [6.45, 7) is 1.66. The first-order chi connectivity index (χ1) is 7.36. The van der Waals surface area contributed by atoms with E-state index in [-0.39, 0.29) is 5.82 Å². The van der Waals surface area contributed by atoms with Crippen molar-refractivity contribution in [3.63, 3.8) is 0 Å². The maximum Gasteiger partial charge on any atom is 0.409 e. The fourth-order valence-electron chi connectivity index (χ4n) is 1.44. The minimum atomic E-state index is -4.59. The van der Waals surface area contributed by atoms with E-state index in [4.69, 9.17) is 5.11 Å². The molecular weight excluding hydrogens is 225 g/mol. The van der Waals surface area contributed by atoms with Crippen molar-refractivity contribution in [3.8, 4) is 0 Å². The lowest BCUT2D eigenvalue weighted by atomic mass is 10.2. The number of alkyl halides is 3. The molecule has 4 nitrogen and oxygen atoms in total. The molecule has 1 aromatic heterocycles. The topological polar surface area (TPSA) is 55.1 Å². The van der Waals surface area contributed by atoms with Crippen molar-refractivity contribution in [1.29, 1.82) is 0 Å². The Bertz CT molecular complexity index is 373. The highest BCUT2D eigenvalue weighted by atomic mass is 19.4. The quantitative estimate of drug-likeness (QED) is 0.870. The number of carboxylic acids is 1. The smallest absolute Gasteiger partial charge is 0.409 e. The van der Waals surface area contributed by atoms with Crippen molar-refractivity contribution >= 4 is 5.97 Å². The van der Waals surface area contributed by atoms with Gasteiger partial charge in [0, 0.05) is 18.8 Å². The molecule has 0 saturated heterocycles. The number of imidazole rings is 1. The van der Waals surface area contributed by atoms with E-state index in [1.807, 2.05) is 0 Å². The third-order valence-electron chi connectivity index (χ3n) is 2.15. The SMILES string of the molecule is CCc1nccn1C(CC(=O)O)C(F)(F)F. The van der Waals surface area contributed by atoms with Crippen LogP contribution in [0, 0.1) is 0 Å². The van der Waals surface area contributed by atoms with Crippen molar-refractivity contribution in [3.05, 3.63) is 18.2 Å². The van der Waals surface area contributed by atoms with Gasteiger partial charge >= 0.3 is 12.1 Å². The van der Waals surface area contributed by atoms with Crippen LogP contribution in [0.5, 0.6) is 0 Å². The van der Waals surface area contributed by atoms with Crippen LogP contribution in [0.3, 0.4) is 0 Å². The summed E-state index contributed by atoms with van der Waals surface area (Å²) >= 11 is 0. The fraction of sp³-hybridized carbons (Fsp3) is 0.556. The Morgan fingerprint density at radius 1 is 1.62 bits per heavy atom. The number of aliphatic carboxylic acids is 1. The molecule has 90 valence electrons. The van der Waals surface area contributed by atoms with Crippen molar-refractivity contribution < 1.29 is 23.1 Å². The Balaban J connectivity index is 3.06. The number of halogens is 3. The molecule has 0 aliphatic rings. The van der Waals surface area contributed by atoms with E-state index >= 15 is 0 Å². The van der Waals surface area contributed by atoms with E-state index in [9.17, 15) is 18.0 Å². The molecule has 1 unspecified atom stereocenters. The third kappa shape index (κ3) is 2.74. The molecule has 16 heavy (non-hydrogen) atoms. The van der Waals surface area contributed by atoms with Crippen molar-refractivity contribution in [2.45, 2.75) is 32.0 Å². The Kier molecular flexibility index (Phi) is 3.56. The van der Waals surface area contributed by atoms with E-state index in [0.717, 1.165) is 10.8 Å². The van der Waals surface area contributed by atoms with Gasteiger partial charge in [-0.25, -0.2) is 4.98 Å². The minimum Gasteiger partial charge on any atom is -0.481 e. The molecular formula is C9H11F3N2O2. The van der Waals surface area contributed by atoms with Crippen LogP contribution in [0.4, 0.5) is 13.2 Å². The van der Waals surface area contributed by atoms with E-state index < -0.39 is 24.6 Å². The van der Waals surface area contributed by atoms with Crippen LogP contribution < -0.4 is 0 Å². The van der Waals surface area contributed by atoms with Crippen LogP contribution in [-0.2, 0) is 11.2 Å². The summed E-state index contributed by atoms with van der Waals surface area (Å²) in [5.41, 5.74) is 0. The zero-order valence-electron chi connectivity index (χ0n) is 8.53. The molecule has 1 atom stereocenters. The Hall–Kier alpha value is -1.53. The Morgan fingerprint density at radius 3 is 2.69 bits per heavy atom. The van der Waals surface area contributed by atoms with Gasteiger partial charge in [-0.15, -0.1) is 0 Å². The van der Waals surface area contributed by atoms with Gasteiger partial charge in [-0.2, -0.15) is 13.2 Å². The Morgan fingerprint density at radius 2 is 2.25 bits per heavy atom. The van der Waals surface area contributed by atoms with Gasteiger partial charge in [-0.05, 0) is 0 Å². The van der Waals surface area contributed by atoms with Crippen LogP contribution in [0.25, 0.3) is 0 Å². The van der Waals surface area contributed by atoms with Gasteiger partial charge in [-0.1, -0.05) is 6.92 Å². The summed E-state index contributed by atoms with van der Waals surface area (Å²) < 4.78 is 38.8. The van der Waals surface area contributed by atoms with E-state index in [1.54, 1.807) is 6.92 Å². The predicted molar refractivity (Wildman–Crippen MR) is 48.9 cm³/mol. The molecule has 1 aromatic rings. The summed E-state index contributed by atoms with van der Waals surface area (Å²) in [4.78, 5) is 14.2. The van der Waals surface area contributed by atoms with E-state index in [0.29, 0.717) is 6.42 Å². The second kappa shape index (κ2) is 4.54. The highest BCUT2D eigenvalue weighted by Gasteiger charge is 2.42. The first-order valence-electron chi connectivity index (χ1n) is 4.66. The molecule has 0 bridgehead atoms. The minimum absolute atomic E-state index is 0.226. The van der Waals surface area contributed by atoms with Crippen LogP contribution in [0.1, 0.15) is 25.2 Å². The lowest BCUT2D eigenvalue weighted by molar-refractivity contribution is -0.177. The lowest BCUT2D eigenvalue weighted by Crippen LogP contribution is -2.29. The van der Waals surface area contributed by atoms with Crippen molar-refractivity contribution in [1.82, 2.24) is 9.55 Å². The molecule has 0 aliphatic heterocycles. The van der Waals surface area contributed by atoms with Crippen molar-refractivity contribution in [2.75, 3.05) is 0 Å². The highest BCUT2D eigenvalue weighted by molar-refractivity contribution is 5.67. The first-order valence-corrected chi connectivity index (χ1v) is 4.66. The molecule has 0 fully saturated rings. The number of carboxylic acid groups (broad SMARTS) is 1. The number of hydrogen-bond acceptors (Lipinski definition) is 2. The second-order valence-corrected chi connectivity index (χ2v) is 3.26. The fourth-order valence-corrected chi connectivity index (χ4v) is 1.44. The second-order valence-electron chi connectivity index (χ2n) is 3.26. The molecule has 7 heteroatoms. The average molecular weight is 236 g/mol. The zero-order valence-corrected chi connectivity index (χ0v) is 8.53. The maximum atomic E-state index is 12.6. The van der Waals surface area contributed by atoms with Crippen LogP contribution in [0.15, 0.2) is 12.4 Å². The summed E-state index contributed by atoms with van der Waals surface area (Å²) in [5.74, 6) is -1.26. The summed E-state index contributed by atoms with van der Waals surface area (Å²) in [6.07, 6.45) is -2.88. The van der Waals surface area contributed by atoms with Gasteiger partial charge in [0.1, 0.15) is 11.9 Å². The lowest BCUT2D eigenvalue weighted by Gasteiger charge is -2.21.